The number of furan rings is 1. The van der Waals surface area contributed by atoms with Gasteiger partial charge in [-0.15, -0.1) is 0 Å². The summed E-state index contributed by atoms with van der Waals surface area (Å²) < 4.78 is 9.45. The highest BCUT2D eigenvalue weighted by Crippen LogP contribution is 2.28. The third-order valence-electron chi connectivity index (χ3n) is 9.06. The number of halogens is 2. The molecule has 0 unspecified atom stereocenters. The van der Waals surface area contributed by atoms with E-state index in [1.54, 1.807) is 16.7 Å². The Kier molecular flexibility index (Phi) is 9.67. The van der Waals surface area contributed by atoms with E-state index in [9.17, 15) is 14.9 Å². The molecule has 0 radical (unpaired) electrons. The predicted molar refractivity (Wildman–Crippen MR) is 200 cm³/mol. The fraction of sp³-hybridized carbons (Fsp3) is 0.205. The number of carbonyl (C=O) groups is 2. The summed E-state index contributed by atoms with van der Waals surface area (Å²) >= 11 is 6.85. The molecule has 1 saturated heterocycles. The Labute approximate surface area is 301 Å². The number of piperazine rings is 1. The van der Waals surface area contributed by atoms with Crippen molar-refractivity contribution in [1.29, 1.82) is 5.26 Å². The van der Waals surface area contributed by atoms with Gasteiger partial charge in [0.15, 0.2) is 5.76 Å². The molecule has 1 aliphatic heterocycles. The van der Waals surface area contributed by atoms with Gasteiger partial charge in [-0.05, 0) is 122 Å². The third-order valence-corrected chi connectivity index (χ3v) is 10.1. The molecule has 2 aromatic heterocycles. The van der Waals surface area contributed by atoms with Crippen molar-refractivity contribution in [3.8, 4) is 6.07 Å². The number of aryl methyl sites for hydroxylation is 1. The van der Waals surface area contributed by atoms with Crippen molar-refractivity contribution in [2.75, 3.05) is 42.9 Å². The topological polar surface area (TPSA) is 94.5 Å². The van der Waals surface area contributed by atoms with E-state index >= 15 is 0 Å². The molecule has 4 aromatic carbocycles. The van der Waals surface area contributed by atoms with Gasteiger partial charge in [-0.25, -0.2) is 0 Å². The van der Waals surface area contributed by atoms with Gasteiger partial charge in [-0.2, -0.15) is 5.26 Å². The molecule has 1 aliphatic rings. The number of anilines is 2. The van der Waals surface area contributed by atoms with Crippen LogP contribution >= 0.6 is 31.9 Å². The number of nitrogens with zero attached hydrogens (tertiary/aromatic N) is 4. The number of rotatable bonds is 9. The number of nitrogens with one attached hydrogen (secondary N) is 1. The van der Waals surface area contributed by atoms with Gasteiger partial charge in [0.05, 0.1) is 17.1 Å². The predicted octanol–water partition coefficient (Wildman–Crippen LogP) is 8.87. The molecule has 3 heterocycles. The summed E-state index contributed by atoms with van der Waals surface area (Å²) in [5.74, 6) is -0.0763. The Balaban J connectivity index is 0.932. The average molecular weight is 780 g/mol. The molecule has 7 rings (SSSR count). The van der Waals surface area contributed by atoms with E-state index in [0.29, 0.717) is 22.4 Å². The van der Waals surface area contributed by atoms with E-state index in [0.717, 1.165) is 88.5 Å². The molecule has 1 fully saturated rings. The number of carbonyl (C=O) groups excluding carboxylic acids is 2. The number of hydrogen-bond acceptors (Lipinski definition) is 6. The van der Waals surface area contributed by atoms with Gasteiger partial charge in [0, 0.05) is 69.0 Å². The van der Waals surface area contributed by atoms with Crippen LogP contribution in [0.25, 0.3) is 21.9 Å². The van der Waals surface area contributed by atoms with Gasteiger partial charge in [0.25, 0.3) is 11.8 Å². The van der Waals surface area contributed by atoms with Crippen LogP contribution in [0.5, 0.6) is 0 Å². The summed E-state index contributed by atoms with van der Waals surface area (Å²) in [5.41, 5.74) is 5.64. The zero-order valence-corrected chi connectivity index (χ0v) is 29.8. The lowest BCUT2D eigenvalue weighted by molar-refractivity contribution is 0.0963. The summed E-state index contributed by atoms with van der Waals surface area (Å²) in [4.78, 5) is 31.1. The summed E-state index contributed by atoms with van der Waals surface area (Å²) in [6, 6.07) is 30.5. The van der Waals surface area contributed by atoms with Gasteiger partial charge < -0.3 is 14.6 Å². The first-order chi connectivity index (χ1) is 23.8. The van der Waals surface area contributed by atoms with Crippen LogP contribution in [-0.2, 0) is 6.42 Å². The van der Waals surface area contributed by atoms with E-state index in [1.165, 1.54) is 0 Å². The fourth-order valence-electron chi connectivity index (χ4n) is 6.41. The molecule has 8 nitrogen and oxygen atoms in total. The lowest BCUT2D eigenvalue weighted by Gasteiger charge is -2.36. The van der Waals surface area contributed by atoms with Crippen LogP contribution in [0.3, 0.4) is 0 Å². The van der Waals surface area contributed by atoms with Crippen molar-refractivity contribution in [3.05, 3.63) is 129 Å². The van der Waals surface area contributed by atoms with Crippen LogP contribution < -0.4 is 10.2 Å². The SMILES string of the molecule is N#Cc1ccc2c(c1)c(CCCCN1CCN(c3ccc4oc(C(=O)Nc5ccc(Br)cc5)cc4c3)CC1)cn2C(=O)c1ccc(Br)cc1. The minimum Gasteiger partial charge on any atom is -0.451 e. The van der Waals surface area contributed by atoms with Crippen LogP contribution in [0.2, 0.25) is 0 Å². The second-order valence-electron chi connectivity index (χ2n) is 12.3. The molecule has 49 heavy (non-hydrogen) atoms. The largest absolute Gasteiger partial charge is 0.451 e. The summed E-state index contributed by atoms with van der Waals surface area (Å²) in [7, 11) is 0. The maximum Gasteiger partial charge on any atom is 0.291 e. The molecule has 10 heteroatoms. The van der Waals surface area contributed by atoms with Gasteiger partial charge in [0.2, 0.25) is 0 Å². The van der Waals surface area contributed by atoms with Crippen LogP contribution in [0.1, 0.15) is 44.9 Å². The molecule has 0 aliphatic carbocycles. The van der Waals surface area contributed by atoms with Crippen LogP contribution in [0.15, 0.2) is 111 Å². The van der Waals surface area contributed by atoms with Crippen molar-refractivity contribution in [1.82, 2.24) is 9.47 Å². The number of unbranched alkanes of at least 4 members (excludes halogenated alkanes) is 1. The Hall–Kier alpha value is -4.69. The Morgan fingerprint density at radius 1 is 0.837 bits per heavy atom. The quantitative estimate of drug-likeness (QED) is 0.148. The minimum atomic E-state index is -0.277. The van der Waals surface area contributed by atoms with Gasteiger partial charge in [-0.1, -0.05) is 31.9 Å². The second-order valence-corrected chi connectivity index (χ2v) is 14.1. The number of nitriles is 1. The molecular formula is C39H33Br2N5O3. The molecule has 246 valence electrons. The van der Waals surface area contributed by atoms with Gasteiger partial charge >= 0.3 is 0 Å². The molecule has 0 bridgehead atoms. The van der Waals surface area contributed by atoms with Crippen molar-refractivity contribution in [3.63, 3.8) is 0 Å². The Morgan fingerprint density at radius 3 is 2.31 bits per heavy atom. The highest BCUT2D eigenvalue weighted by Gasteiger charge is 2.20. The van der Waals surface area contributed by atoms with Crippen molar-refractivity contribution in [2.45, 2.75) is 19.3 Å². The smallest absolute Gasteiger partial charge is 0.291 e. The van der Waals surface area contributed by atoms with E-state index in [-0.39, 0.29) is 17.6 Å². The van der Waals surface area contributed by atoms with E-state index in [4.69, 9.17) is 4.42 Å². The van der Waals surface area contributed by atoms with E-state index in [1.807, 2.05) is 72.9 Å². The van der Waals surface area contributed by atoms with Crippen LogP contribution in [-0.4, -0.2) is 54.0 Å². The molecular weight excluding hydrogens is 746 g/mol. The van der Waals surface area contributed by atoms with Crippen molar-refractivity contribution in [2.24, 2.45) is 0 Å². The second kappa shape index (κ2) is 14.4. The molecule has 0 atom stereocenters. The maximum absolute atomic E-state index is 13.4. The number of aromatic nitrogens is 1. The fourth-order valence-corrected chi connectivity index (χ4v) is 6.94. The first-order valence-electron chi connectivity index (χ1n) is 16.3. The Bertz CT molecular complexity index is 2190. The monoisotopic (exact) mass is 777 g/mol. The summed E-state index contributed by atoms with van der Waals surface area (Å²) in [5, 5.41) is 14.3. The first kappa shape index (κ1) is 32.8. The van der Waals surface area contributed by atoms with Crippen molar-refractivity contribution < 1.29 is 14.0 Å². The van der Waals surface area contributed by atoms with Crippen molar-refractivity contribution >= 4 is 76.9 Å². The summed E-state index contributed by atoms with van der Waals surface area (Å²) in [6.45, 7) is 4.78. The lowest BCUT2D eigenvalue weighted by atomic mass is 10.0. The normalized spacial score (nSPS) is 13.5. The number of amides is 1. The van der Waals surface area contributed by atoms with Gasteiger partial charge in [-0.3, -0.25) is 19.1 Å². The lowest BCUT2D eigenvalue weighted by Crippen LogP contribution is -2.46. The standard InChI is InChI=1S/C39H33Br2N5O3/c40-30-7-5-27(6-8-30)39(48)46-25-28(34-21-26(24-42)4-14-35(34)46)3-1-2-16-44-17-19-45(20-18-44)33-13-15-36-29(22-33)23-37(49-36)38(47)43-32-11-9-31(41)10-12-32/h4-15,21-23,25H,1-3,16-20H2,(H,43,47). The molecule has 6 aromatic rings. The maximum atomic E-state index is 13.4. The first-order valence-corrected chi connectivity index (χ1v) is 17.9. The van der Waals surface area contributed by atoms with Crippen LogP contribution in [0, 0.1) is 11.3 Å². The Morgan fingerprint density at radius 2 is 1.57 bits per heavy atom. The van der Waals surface area contributed by atoms with Crippen LogP contribution in [0.4, 0.5) is 11.4 Å². The third kappa shape index (κ3) is 7.35. The number of benzene rings is 4. The molecule has 0 saturated carbocycles. The van der Waals surface area contributed by atoms with E-state index in [2.05, 4.69) is 65.2 Å². The highest BCUT2D eigenvalue weighted by atomic mass is 79.9. The molecule has 1 amide bonds. The average Bonchev–Trinajstić information content (AvgIpc) is 3.72. The summed E-state index contributed by atoms with van der Waals surface area (Å²) in [6.07, 6.45) is 4.80. The zero-order chi connectivity index (χ0) is 33.9. The number of fused-ring (bicyclic) bond motifs is 2. The number of hydrogen-bond donors (Lipinski definition) is 1. The zero-order valence-electron chi connectivity index (χ0n) is 26.7. The minimum absolute atomic E-state index is 0.0825. The highest BCUT2D eigenvalue weighted by molar-refractivity contribution is 9.10. The van der Waals surface area contributed by atoms with Gasteiger partial charge in [0.1, 0.15) is 5.58 Å². The molecule has 0 spiro atoms. The molecule has 1 N–H and O–H groups in total. The van der Waals surface area contributed by atoms with E-state index < -0.39 is 0 Å².